The highest BCUT2D eigenvalue weighted by molar-refractivity contribution is 7.89. The van der Waals surface area contributed by atoms with E-state index in [1.165, 1.54) is 17.1 Å². The topological polar surface area (TPSA) is 85.2 Å². The van der Waals surface area contributed by atoms with Gasteiger partial charge in [-0.25, -0.2) is 17.8 Å². The Morgan fingerprint density at radius 2 is 2.04 bits per heavy atom. The van der Waals surface area contributed by atoms with Crippen LogP contribution in [0.5, 0.6) is 5.75 Å². The molecule has 23 heavy (non-hydrogen) atoms. The molecular weight excluding hydrogens is 316 g/mol. The highest BCUT2D eigenvalue weighted by Crippen LogP contribution is 2.22. The standard InChI is InChI=1S/C15H20N4O3S/c1-22-15-5-3-2-4-14(15)19-11-13(10-17-19)23(20,21)18-12-6-8-16-9-7-12/h2-5,10-12,16,18H,6-9H2,1H3. The summed E-state index contributed by atoms with van der Waals surface area (Å²) in [5.41, 5.74) is 0.693. The second kappa shape index (κ2) is 6.69. The SMILES string of the molecule is COc1ccccc1-n1cc(S(=O)(=O)NC2CCNCC2)cn1. The van der Waals surface area contributed by atoms with E-state index in [0.717, 1.165) is 25.9 Å². The molecule has 1 aliphatic rings. The van der Waals surface area contributed by atoms with Gasteiger partial charge in [0.2, 0.25) is 10.0 Å². The quantitative estimate of drug-likeness (QED) is 0.848. The molecule has 0 bridgehead atoms. The van der Waals surface area contributed by atoms with Crippen molar-refractivity contribution in [1.82, 2.24) is 19.8 Å². The molecule has 0 spiro atoms. The molecule has 0 saturated carbocycles. The summed E-state index contributed by atoms with van der Waals surface area (Å²) in [5, 5.41) is 7.37. The van der Waals surface area contributed by atoms with E-state index in [1.807, 2.05) is 18.2 Å². The summed E-state index contributed by atoms with van der Waals surface area (Å²) in [6.07, 6.45) is 4.44. The number of aromatic nitrogens is 2. The summed E-state index contributed by atoms with van der Waals surface area (Å²) < 4.78 is 34.5. The van der Waals surface area contributed by atoms with Crippen LogP contribution in [0.15, 0.2) is 41.6 Å². The second-order valence-electron chi connectivity index (χ2n) is 5.44. The van der Waals surface area contributed by atoms with Crippen LogP contribution in [0.4, 0.5) is 0 Å². The van der Waals surface area contributed by atoms with Crippen LogP contribution in [-0.4, -0.2) is 44.4 Å². The fourth-order valence-corrected chi connectivity index (χ4v) is 3.86. The minimum absolute atomic E-state index is 0.0316. The van der Waals surface area contributed by atoms with Crippen molar-refractivity contribution in [2.75, 3.05) is 20.2 Å². The van der Waals surface area contributed by atoms with E-state index in [2.05, 4.69) is 15.1 Å². The Balaban J connectivity index is 1.83. The molecule has 3 rings (SSSR count). The van der Waals surface area contributed by atoms with Crippen LogP contribution >= 0.6 is 0 Å². The number of hydrogen-bond acceptors (Lipinski definition) is 5. The molecule has 7 nitrogen and oxygen atoms in total. The Morgan fingerprint density at radius 1 is 1.30 bits per heavy atom. The van der Waals surface area contributed by atoms with E-state index in [1.54, 1.807) is 13.2 Å². The van der Waals surface area contributed by atoms with Gasteiger partial charge in [0.1, 0.15) is 16.3 Å². The first-order valence-corrected chi connectivity index (χ1v) is 8.99. The predicted octanol–water partition coefficient (Wildman–Crippen LogP) is 0.911. The number of benzene rings is 1. The number of para-hydroxylation sites is 2. The van der Waals surface area contributed by atoms with Crippen molar-refractivity contribution in [3.05, 3.63) is 36.7 Å². The van der Waals surface area contributed by atoms with Gasteiger partial charge in [-0.1, -0.05) is 12.1 Å². The van der Waals surface area contributed by atoms with Crippen molar-refractivity contribution < 1.29 is 13.2 Å². The van der Waals surface area contributed by atoms with Crippen LogP contribution in [0.25, 0.3) is 5.69 Å². The Morgan fingerprint density at radius 3 is 2.78 bits per heavy atom. The summed E-state index contributed by atoms with van der Waals surface area (Å²) >= 11 is 0. The lowest BCUT2D eigenvalue weighted by molar-refractivity contribution is 0.411. The zero-order valence-electron chi connectivity index (χ0n) is 12.9. The molecule has 1 aromatic heterocycles. The van der Waals surface area contributed by atoms with E-state index in [-0.39, 0.29) is 10.9 Å². The summed E-state index contributed by atoms with van der Waals surface area (Å²) in [6, 6.07) is 7.29. The fourth-order valence-electron chi connectivity index (χ4n) is 2.62. The summed E-state index contributed by atoms with van der Waals surface area (Å²) in [4.78, 5) is 0.155. The Hall–Kier alpha value is -1.90. The molecule has 1 aromatic carbocycles. The maximum absolute atomic E-state index is 12.5. The summed E-state index contributed by atoms with van der Waals surface area (Å²) in [7, 11) is -2.00. The molecule has 1 fully saturated rings. The number of ether oxygens (including phenoxy) is 1. The molecule has 0 unspecified atom stereocenters. The van der Waals surface area contributed by atoms with Gasteiger partial charge < -0.3 is 10.1 Å². The number of rotatable bonds is 5. The van der Waals surface area contributed by atoms with Crippen molar-refractivity contribution in [1.29, 1.82) is 0 Å². The lowest BCUT2D eigenvalue weighted by atomic mass is 10.1. The maximum atomic E-state index is 12.5. The van der Waals surface area contributed by atoms with Crippen LogP contribution in [0.2, 0.25) is 0 Å². The Kier molecular flexibility index (Phi) is 4.65. The highest BCUT2D eigenvalue weighted by Gasteiger charge is 2.23. The number of methoxy groups -OCH3 is 1. The van der Waals surface area contributed by atoms with Crippen LogP contribution in [0.3, 0.4) is 0 Å². The van der Waals surface area contributed by atoms with Crippen LogP contribution in [0, 0.1) is 0 Å². The van der Waals surface area contributed by atoms with E-state index >= 15 is 0 Å². The molecule has 0 amide bonds. The fraction of sp³-hybridized carbons (Fsp3) is 0.400. The highest BCUT2D eigenvalue weighted by atomic mass is 32.2. The van der Waals surface area contributed by atoms with E-state index < -0.39 is 10.0 Å². The zero-order chi connectivity index (χ0) is 16.3. The lowest BCUT2D eigenvalue weighted by Gasteiger charge is -2.23. The molecule has 1 saturated heterocycles. The monoisotopic (exact) mass is 336 g/mol. The minimum Gasteiger partial charge on any atom is -0.494 e. The van der Waals surface area contributed by atoms with Gasteiger partial charge in [-0.2, -0.15) is 5.10 Å². The molecule has 1 aliphatic heterocycles. The number of hydrogen-bond donors (Lipinski definition) is 2. The third kappa shape index (κ3) is 3.54. The molecule has 0 atom stereocenters. The number of nitrogens with zero attached hydrogens (tertiary/aromatic N) is 2. The Labute approximate surface area is 135 Å². The average molecular weight is 336 g/mol. The molecule has 0 radical (unpaired) electrons. The van der Waals surface area contributed by atoms with Gasteiger partial charge >= 0.3 is 0 Å². The smallest absolute Gasteiger partial charge is 0.243 e. The van der Waals surface area contributed by atoms with Gasteiger partial charge in [-0.3, -0.25) is 0 Å². The number of piperidine rings is 1. The molecule has 2 aromatic rings. The van der Waals surface area contributed by atoms with Crippen LogP contribution in [0.1, 0.15) is 12.8 Å². The largest absolute Gasteiger partial charge is 0.494 e. The van der Waals surface area contributed by atoms with Crippen molar-refractivity contribution in [3.8, 4) is 11.4 Å². The van der Waals surface area contributed by atoms with E-state index in [9.17, 15) is 8.42 Å². The third-order valence-electron chi connectivity index (χ3n) is 3.86. The van der Waals surface area contributed by atoms with Crippen LogP contribution < -0.4 is 14.8 Å². The number of sulfonamides is 1. The van der Waals surface area contributed by atoms with E-state index in [0.29, 0.717) is 11.4 Å². The van der Waals surface area contributed by atoms with Gasteiger partial charge in [-0.15, -0.1) is 0 Å². The number of nitrogens with one attached hydrogen (secondary N) is 2. The van der Waals surface area contributed by atoms with Crippen molar-refractivity contribution in [2.24, 2.45) is 0 Å². The molecular formula is C15H20N4O3S. The average Bonchev–Trinajstić information content (AvgIpc) is 3.06. The van der Waals surface area contributed by atoms with Crippen LogP contribution in [-0.2, 0) is 10.0 Å². The lowest BCUT2D eigenvalue weighted by Crippen LogP contribution is -2.42. The van der Waals surface area contributed by atoms with Crippen molar-refractivity contribution in [2.45, 2.75) is 23.8 Å². The zero-order valence-corrected chi connectivity index (χ0v) is 13.7. The van der Waals surface area contributed by atoms with E-state index in [4.69, 9.17) is 4.74 Å². The first-order chi connectivity index (χ1) is 11.1. The Bertz CT molecular complexity index is 767. The molecule has 0 aliphatic carbocycles. The van der Waals surface area contributed by atoms with Gasteiger partial charge in [0.15, 0.2) is 0 Å². The third-order valence-corrected chi connectivity index (χ3v) is 5.34. The summed E-state index contributed by atoms with van der Waals surface area (Å²) in [5.74, 6) is 0.630. The molecule has 2 heterocycles. The van der Waals surface area contributed by atoms with Crippen molar-refractivity contribution >= 4 is 10.0 Å². The van der Waals surface area contributed by atoms with Gasteiger partial charge in [-0.05, 0) is 38.1 Å². The minimum atomic E-state index is -3.57. The van der Waals surface area contributed by atoms with Gasteiger partial charge in [0.25, 0.3) is 0 Å². The predicted molar refractivity (Wildman–Crippen MR) is 86.3 cm³/mol. The van der Waals surface area contributed by atoms with Gasteiger partial charge in [0, 0.05) is 6.04 Å². The molecule has 8 heteroatoms. The first kappa shape index (κ1) is 16.0. The van der Waals surface area contributed by atoms with Gasteiger partial charge in [0.05, 0.1) is 19.5 Å². The van der Waals surface area contributed by atoms with Crippen molar-refractivity contribution in [3.63, 3.8) is 0 Å². The maximum Gasteiger partial charge on any atom is 0.243 e. The second-order valence-corrected chi connectivity index (χ2v) is 7.15. The first-order valence-electron chi connectivity index (χ1n) is 7.51. The normalized spacial score (nSPS) is 16.4. The molecule has 124 valence electrons. The summed E-state index contributed by atoms with van der Waals surface area (Å²) in [6.45, 7) is 1.65. The molecule has 2 N–H and O–H groups in total.